The van der Waals surface area contributed by atoms with Crippen LogP contribution in [0, 0.1) is 6.92 Å². The van der Waals surface area contributed by atoms with Gasteiger partial charge in [0.25, 0.3) is 0 Å². The van der Waals surface area contributed by atoms with Crippen molar-refractivity contribution in [1.29, 1.82) is 0 Å². The second-order valence-electron chi connectivity index (χ2n) is 5.54. The highest BCUT2D eigenvalue weighted by atomic mass is 79.9. The largest absolute Gasteiger partial charge is 0.298 e. The van der Waals surface area contributed by atoms with Crippen molar-refractivity contribution in [3.63, 3.8) is 0 Å². The number of piperazine rings is 1. The van der Waals surface area contributed by atoms with Gasteiger partial charge >= 0.3 is 0 Å². The van der Waals surface area contributed by atoms with Gasteiger partial charge < -0.3 is 0 Å². The Hall–Kier alpha value is -0.390. The van der Waals surface area contributed by atoms with E-state index in [4.69, 9.17) is 0 Å². The van der Waals surface area contributed by atoms with E-state index >= 15 is 0 Å². The lowest BCUT2D eigenvalue weighted by atomic mass is 10.2. The Morgan fingerprint density at radius 2 is 1.89 bits per heavy atom. The van der Waals surface area contributed by atoms with E-state index in [1.807, 2.05) is 11.7 Å². The van der Waals surface area contributed by atoms with Crippen LogP contribution in [0.3, 0.4) is 0 Å². The third kappa shape index (κ3) is 3.38. The minimum atomic E-state index is 0.716. The van der Waals surface area contributed by atoms with Crippen LogP contribution in [0.5, 0.6) is 0 Å². The van der Waals surface area contributed by atoms with E-state index in [2.05, 4.69) is 51.6 Å². The number of hydrogen-bond acceptors (Lipinski definition) is 3. The smallest absolute Gasteiger partial charge is 0.0739 e. The van der Waals surface area contributed by atoms with E-state index in [0.29, 0.717) is 6.04 Å². The molecule has 108 valence electrons. The van der Waals surface area contributed by atoms with Crippen LogP contribution in [-0.2, 0) is 13.6 Å². The van der Waals surface area contributed by atoms with E-state index in [1.54, 1.807) is 0 Å². The molecule has 0 aliphatic carbocycles. The lowest BCUT2D eigenvalue weighted by Crippen LogP contribution is -2.49. The van der Waals surface area contributed by atoms with E-state index in [-0.39, 0.29) is 0 Å². The maximum absolute atomic E-state index is 4.47. The molecule has 0 aromatic carbocycles. The van der Waals surface area contributed by atoms with Crippen molar-refractivity contribution in [2.24, 2.45) is 7.05 Å². The Morgan fingerprint density at radius 1 is 1.26 bits per heavy atom. The van der Waals surface area contributed by atoms with Crippen LogP contribution in [0.4, 0.5) is 0 Å². The molecule has 1 aliphatic rings. The van der Waals surface area contributed by atoms with Gasteiger partial charge in [-0.2, -0.15) is 5.10 Å². The summed E-state index contributed by atoms with van der Waals surface area (Å²) in [4.78, 5) is 5.13. The molecule has 1 aromatic rings. The summed E-state index contributed by atoms with van der Waals surface area (Å²) in [7, 11) is 2.03. The van der Waals surface area contributed by atoms with Crippen molar-refractivity contribution in [2.75, 3.05) is 26.2 Å². The highest BCUT2D eigenvalue weighted by Crippen LogP contribution is 2.22. The van der Waals surface area contributed by atoms with Gasteiger partial charge in [0.2, 0.25) is 0 Å². The molecule has 0 radical (unpaired) electrons. The van der Waals surface area contributed by atoms with E-state index in [9.17, 15) is 0 Å². The minimum absolute atomic E-state index is 0.716. The standard InChI is InChI=1S/C14H25BrN4/c1-5-11(2)19-8-6-18(7-9-19)10-13-14(15)12(3)16-17(13)4/h11H,5-10H2,1-4H3. The first kappa shape index (κ1) is 15.0. The van der Waals surface area contributed by atoms with Gasteiger partial charge in [0.15, 0.2) is 0 Å². The molecule has 1 unspecified atom stereocenters. The molecule has 0 saturated carbocycles. The Morgan fingerprint density at radius 3 is 2.37 bits per heavy atom. The highest BCUT2D eigenvalue weighted by molar-refractivity contribution is 9.10. The molecule has 19 heavy (non-hydrogen) atoms. The Balaban J connectivity index is 1.92. The van der Waals surface area contributed by atoms with E-state index in [1.165, 1.54) is 29.7 Å². The fraction of sp³-hybridized carbons (Fsp3) is 0.786. The fourth-order valence-corrected chi connectivity index (χ4v) is 3.15. The van der Waals surface area contributed by atoms with E-state index < -0.39 is 0 Å². The average Bonchev–Trinajstić information content (AvgIpc) is 2.65. The number of aryl methyl sites for hydroxylation is 2. The summed E-state index contributed by atoms with van der Waals surface area (Å²) in [5, 5.41) is 4.47. The molecular formula is C14H25BrN4. The van der Waals surface area contributed by atoms with Crippen LogP contribution in [0.25, 0.3) is 0 Å². The number of hydrogen-bond donors (Lipinski definition) is 0. The minimum Gasteiger partial charge on any atom is -0.298 e. The van der Waals surface area contributed by atoms with Gasteiger partial charge in [-0.05, 0) is 36.2 Å². The molecule has 1 aliphatic heterocycles. The van der Waals surface area contributed by atoms with Gasteiger partial charge in [-0.15, -0.1) is 0 Å². The van der Waals surface area contributed by atoms with Crippen molar-refractivity contribution in [2.45, 2.75) is 39.8 Å². The lowest BCUT2D eigenvalue weighted by Gasteiger charge is -2.37. The summed E-state index contributed by atoms with van der Waals surface area (Å²) in [5.74, 6) is 0. The first-order chi connectivity index (χ1) is 9.02. The van der Waals surface area contributed by atoms with Crippen molar-refractivity contribution in [3.8, 4) is 0 Å². The highest BCUT2D eigenvalue weighted by Gasteiger charge is 2.22. The second kappa shape index (κ2) is 6.37. The van der Waals surface area contributed by atoms with Gasteiger partial charge in [-0.25, -0.2) is 0 Å². The molecule has 1 atom stereocenters. The number of halogens is 1. The van der Waals surface area contributed by atoms with Crippen LogP contribution < -0.4 is 0 Å². The second-order valence-corrected chi connectivity index (χ2v) is 6.33. The molecule has 2 heterocycles. The maximum Gasteiger partial charge on any atom is 0.0739 e. The molecule has 1 fully saturated rings. The van der Waals surface area contributed by atoms with Crippen LogP contribution >= 0.6 is 15.9 Å². The van der Waals surface area contributed by atoms with Crippen LogP contribution in [0.1, 0.15) is 31.7 Å². The third-order valence-electron chi connectivity index (χ3n) is 4.26. The first-order valence-corrected chi connectivity index (χ1v) is 7.96. The summed E-state index contributed by atoms with van der Waals surface area (Å²) in [6.45, 7) is 12.3. The monoisotopic (exact) mass is 328 g/mol. The van der Waals surface area contributed by atoms with Crippen LogP contribution in [-0.4, -0.2) is 51.8 Å². The van der Waals surface area contributed by atoms with Gasteiger partial charge in [-0.3, -0.25) is 14.5 Å². The van der Waals surface area contributed by atoms with Crippen molar-refractivity contribution in [1.82, 2.24) is 19.6 Å². The molecule has 0 amide bonds. The molecule has 1 saturated heterocycles. The van der Waals surface area contributed by atoms with Crippen molar-refractivity contribution < 1.29 is 0 Å². The number of aromatic nitrogens is 2. The summed E-state index contributed by atoms with van der Waals surface area (Å²) < 4.78 is 3.17. The predicted molar refractivity (Wildman–Crippen MR) is 82.2 cm³/mol. The molecular weight excluding hydrogens is 304 g/mol. The maximum atomic E-state index is 4.47. The van der Waals surface area contributed by atoms with E-state index in [0.717, 1.165) is 25.3 Å². The zero-order valence-electron chi connectivity index (χ0n) is 12.5. The Bertz CT molecular complexity index is 421. The molecule has 1 aromatic heterocycles. The quantitative estimate of drug-likeness (QED) is 0.848. The summed E-state index contributed by atoms with van der Waals surface area (Å²) in [5.41, 5.74) is 2.37. The number of nitrogens with zero attached hydrogens (tertiary/aromatic N) is 4. The van der Waals surface area contributed by atoms with Crippen molar-refractivity contribution in [3.05, 3.63) is 15.9 Å². The molecule has 2 rings (SSSR count). The Labute approximate surface area is 124 Å². The van der Waals surface area contributed by atoms with Gasteiger partial charge in [-0.1, -0.05) is 6.92 Å². The average molecular weight is 329 g/mol. The summed E-state index contributed by atoms with van der Waals surface area (Å²) in [6.07, 6.45) is 1.24. The normalized spacial score (nSPS) is 19.8. The summed E-state index contributed by atoms with van der Waals surface area (Å²) >= 11 is 3.65. The zero-order valence-corrected chi connectivity index (χ0v) is 14.1. The number of rotatable bonds is 4. The third-order valence-corrected chi connectivity index (χ3v) is 5.29. The van der Waals surface area contributed by atoms with Gasteiger partial charge in [0.1, 0.15) is 0 Å². The molecule has 5 heteroatoms. The summed E-state index contributed by atoms with van der Waals surface area (Å²) in [6, 6.07) is 0.716. The van der Waals surface area contributed by atoms with Crippen LogP contribution in [0.15, 0.2) is 4.47 Å². The molecule has 4 nitrogen and oxygen atoms in total. The Kier molecular flexibility index (Phi) is 5.03. The topological polar surface area (TPSA) is 24.3 Å². The van der Waals surface area contributed by atoms with Gasteiger partial charge in [0, 0.05) is 45.8 Å². The molecule has 0 spiro atoms. The van der Waals surface area contributed by atoms with Crippen LogP contribution in [0.2, 0.25) is 0 Å². The fourth-order valence-electron chi connectivity index (χ4n) is 2.68. The van der Waals surface area contributed by atoms with Crippen molar-refractivity contribution >= 4 is 15.9 Å². The zero-order chi connectivity index (χ0) is 14.0. The van der Waals surface area contributed by atoms with Gasteiger partial charge in [0.05, 0.1) is 15.9 Å². The SMILES string of the molecule is CCC(C)N1CCN(Cc2c(Br)c(C)nn2C)CC1. The lowest BCUT2D eigenvalue weighted by molar-refractivity contribution is 0.0947. The molecule has 0 N–H and O–H groups in total. The first-order valence-electron chi connectivity index (χ1n) is 7.17. The predicted octanol–water partition coefficient (Wildman–Crippen LogP) is 2.41. The molecule has 0 bridgehead atoms.